The molecule has 1 unspecified atom stereocenters. The molecule has 6 heteroatoms. The van der Waals surface area contributed by atoms with Gasteiger partial charge < -0.3 is 10.4 Å². The molecule has 5 nitrogen and oxygen atoms in total. The van der Waals surface area contributed by atoms with Crippen molar-refractivity contribution in [3.63, 3.8) is 0 Å². The fourth-order valence-electron chi connectivity index (χ4n) is 1.58. The number of rotatable bonds is 5. The lowest BCUT2D eigenvalue weighted by molar-refractivity contribution is -0.384. The van der Waals surface area contributed by atoms with Crippen LogP contribution >= 0.6 is 11.6 Å². The first kappa shape index (κ1) is 15.7. The van der Waals surface area contributed by atoms with Crippen LogP contribution in [-0.2, 0) is 5.41 Å². The lowest BCUT2D eigenvalue weighted by atomic mass is 9.86. The van der Waals surface area contributed by atoms with E-state index in [9.17, 15) is 15.2 Å². The molecule has 19 heavy (non-hydrogen) atoms. The molecule has 2 N–H and O–H groups in total. The molecule has 0 bridgehead atoms. The van der Waals surface area contributed by atoms with Gasteiger partial charge in [-0.15, -0.1) is 11.6 Å². The molecule has 0 aromatic heterocycles. The molecule has 1 rings (SSSR count). The van der Waals surface area contributed by atoms with E-state index in [0.29, 0.717) is 5.69 Å². The summed E-state index contributed by atoms with van der Waals surface area (Å²) in [6.07, 6.45) is -0.733. The largest absolute Gasteiger partial charge is 0.390 e. The van der Waals surface area contributed by atoms with Gasteiger partial charge in [-0.3, -0.25) is 10.1 Å². The Morgan fingerprint density at radius 2 is 2.11 bits per heavy atom. The number of hydrogen-bond acceptors (Lipinski definition) is 4. The smallest absolute Gasteiger partial charge is 0.292 e. The topological polar surface area (TPSA) is 75.4 Å². The molecule has 0 amide bonds. The van der Waals surface area contributed by atoms with E-state index in [2.05, 4.69) is 5.32 Å². The minimum atomic E-state index is -0.733. The summed E-state index contributed by atoms with van der Waals surface area (Å²) < 4.78 is 0. The Bertz CT molecular complexity index is 458. The lowest BCUT2D eigenvalue weighted by Crippen LogP contribution is -2.21. The predicted octanol–water partition coefficient (Wildman–Crippen LogP) is 2.90. The molecule has 106 valence electrons. The van der Waals surface area contributed by atoms with Gasteiger partial charge in [-0.2, -0.15) is 0 Å². The van der Waals surface area contributed by atoms with Gasteiger partial charge in [0.1, 0.15) is 5.69 Å². The summed E-state index contributed by atoms with van der Waals surface area (Å²) in [6, 6.07) is 5.08. The van der Waals surface area contributed by atoms with Crippen molar-refractivity contribution in [2.75, 3.05) is 17.7 Å². The molecule has 1 aromatic rings. The highest BCUT2D eigenvalue weighted by atomic mass is 35.5. The molecule has 1 atom stereocenters. The molecule has 1 aromatic carbocycles. The van der Waals surface area contributed by atoms with Crippen LogP contribution in [-0.4, -0.2) is 28.6 Å². The van der Waals surface area contributed by atoms with Crippen LogP contribution < -0.4 is 5.32 Å². The quantitative estimate of drug-likeness (QED) is 0.496. The number of nitro groups is 1. The number of aliphatic hydroxyl groups is 1. The van der Waals surface area contributed by atoms with Crippen molar-refractivity contribution in [2.45, 2.75) is 32.3 Å². The fourth-order valence-corrected chi connectivity index (χ4v) is 1.69. The van der Waals surface area contributed by atoms with Crippen molar-refractivity contribution >= 4 is 23.0 Å². The molecule has 0 spiro atoms. The zero-order valence-electron chi connectivity index (χ0n) is 11.3. The van der Waals surface area contributed by atoms with E-state index in [4.69, 9.17) is 11.6 Å². The number of anilines is 1. The van der Waals surface area contributed by atoms with E-state index in [1.165, 1.54) is 0 Å². The second-order valence-corrected chi connectivity index (χ2v) is 5.74. The molecule has 0 saturated heterocycles. The molecule has 0 aliphatic carbocycles. The molecule has 0 saturated carbocycles. The van der Waals surface area contributed by atoms with Crippen LogP contribution in [0.4, 0.5) is 11.4 Å². The minimum absolute atomic E-state index is 0.00852. The summed E-state index contributed by atoms with van der Waals surface area (Å²) in [5, 5.41) is 23.3. The molecule has 0 fully saturated rings. The highest BCUT2D eigenvalue weighted by Crippen LogP contribution is 2.31. The number of aliphatic hydroxyl groups excluding tert-OH is 1. The van der Waals surface area contributed by atoms with Gasteiger partial charge >= 0.3 is 0 Å². The highest BCUT2D eigenvalue weighted by Gasteiger charge is 2.20. The summed E-state index contributed by atoms with van der Waals surface area (Å²) in [4.78, 5) is 10.7. The zero-order chi connectivity index (χ0) is 14.6. The monoisotopic (exact) mass is 286 g/mol. The summed E-state index contributed by atoms with van der Waals surface area (Å²) in [7, 11) is 0. The minimum Gasteiger partial charge on any atom is -0.390 e. The number of nitro benzene ring substituents is 1. The van der Waals surface area contributed by atoms with Crippen molar-refractivity contribution < 1.29 is 10.0 Å². The van der Waals surface area contributed by atoms with Gasteiger partial charge in [0.2, 0.25) is 0 Å². The summed E-state index contributed by atoms with van der Waals surface area (Å²) in [5.74, 6) is 0.0842. The second kappa shape index (κ2) is 6.21. The van der Waals surface area contributed by atoms with Crippen molar-refractivity contribution in [2.24, 2.45) is 0 Å². The van der Waals surface area contributed by atoms with Crippen molar-refractivity contribution in [3.05, 3.63) is 33.9 Å². The van der Waals surface area contributed by atoms with E-state index >= 15 is 0 Å². The third-order valence-corrected chi connectivity index (χ3v) is 3.12. The Morgan fingerprint density at radius 1 is 1.47 bits per heavy atom. The predicted molar refractivity (Wildman–Crippen MR) is 77.0 cm³/mol. The van der Waals surface area contributed by atoms with E-state index in [1.807, 2.05) is 26.8 Å². The Morgan fingerprint density at radius 3 is 2.58 bits per heavy atom. The third-order valence-electron chi connectivity index (χ3n) is 2.77. The third kappa shape index (κ3) is 4.36. The SMILES string of the molecule is CC(C)(C)c1ccc(NCC(O)CCl)c([N+](=O)[O-])c1. The first-order valence-corrected chi connectivity index (χ1v) is 6.56. The molecule has 0 aliphatic heterocycles. The van der Waals surface area contributed by atoms with E-state index in [0.717, 1.165) is 5.56 Å². The van der Waals surface area contributed by atoms with Gasteiger partial charge in [0, 0.05) is 12.6 Å². The first-order chi connectivity index (χ1) is 8.75. The van der Waals surface area contributed by atoms with Gasteiger partial charge in [-0.25, -0.2) is 0 Å². The van der Waals surface area contributed by atoms with E-state index in [1.54, 1.807) is 12.1 Å². The van der Waals surface area contributed by atoms with Crippen molar-refractivity contribution in [1.82, 2.24) is 0 Å². The summed E-state index contributed by atoms with van der Waals surface area (Å²) >= 11 is 5.48. The maximum Gasteiger partial charge on any atom is 0.292 e. The molecular formula is C13H19ClN2O3. The maximum absolute atomic E-state index is 11.1. The van der Waals surface area contributed by atoms with Crippen LogP contribution in [0.15, 0.2) is 18.2 Å². The van der Waals surface area contributed by atoms with E-state index in [-0.39, 0.29) is 23.5 Å². The number of benzene rings is 1. The van der Waals surface area contributed by atoms with Crippen molar-refractivity contribution in [1.29, 1.82) is 0 Å². The normalized spacial score (nSPS) is 13.1. The number of hydrogen-bond donors (Lipinski definition) is 2. The molecular weight excluding hydrogens is 268 g/mol. The standard InChI is InChI=1S/C13H19ClN2O3/c1-13(2,3)9-4-5-11(12(6-9)16(18)19)15-8-10(17)7-14/h4-6,10,15,17H,7-8H2,1-3H3. The van der Waals surface area contributed by atoms with Gasteiger partial charge in [0.25, 0.3) is 5.69 Å². The second-order valence-electron chi connectivity index (χ2n) is 5.43. The Balaban J connectivity index is 3.02. The lowest BCUT2D eigenvalue weighted by Gasteiger charge is -2.19. The van der Waals surface area contributed by atoms with Crippen LogP contribution in [0.5, 0.6) is 0 Å². The first-order valence-electron chi connectivity index (χ1n) is 6.02. The van der Waals surface area contributed by atoms with Crippen molar-refractivity contribution in [3.8, 4) is 0 Å². The highest BCUT2D eigenvalue weighted by molar-refractivity contribution is 6.18. The fraction of sp³-hybridized carbons (Fsp3) is 0.538. The van der Waals surface area contributed by atoms with Gasteiger partial charge in [-0.05, 0) is 17.0 Å². The van der Waals surface area contributed by atoms with Crippen LogP contribution in [0.3, 0.4) is 0 Å². The molecule has 0 heterocycles. The van der Waals surface area contributed by atoms with Crippen LogP contribution in [0.25, 0.3) is 0 Å². The average molecular weight is 287 g/mol. The maximum atomic E-state index is 11.1. The Labute approximate surface area is 117 Å². The number of halogens is 1. The number of nitrogens with zero attached hydrogens (tertiary/aromatic N) is 1. The van der Waals surface area contributed by atoms with E-state index < -0.39 is 11.0 Å². The Kier molecular flexibility index (Phi) is 5.14. The van der Waals surface area contributed by atoms with Gasteiger partial charge in [0.15, 0.2) is 0 Å². The van der Waals surface area contributed by atoms with Gasteiger partial charge in [-0.1, -0.05) is 26.8 Å². The molecule has 0 aliphatic rings. The van der Waals surface area contributed by atoms with Crippen LogP contribution in [0, 0.1) is 10.1 Å². The van der Waals surface area contributed by atoms with Gasteiger partial charge in [0.05, 0.1) is 16.9 Å². The number of nitrogens with one attached hydrogen (secondary N) is 1. The molecule has 0 radical (unpaired) electrons. The Hall–Kier alpha value is -1.33. The zero-order valence-corrected chi connectivity index (χ0v) is 12.1. The number of alkyl halides is 1. The average Bonchev–Trinajstić information content (AvgIpc) is 2.34. The summed E-state index contributed by atoms with van der Waals surface area (Å²) in [6.45, 7) is 6.17. The summed E-state index contributed by atoms with van der Waals surface area (Å²) in [5.41, 5.74) is 1.14. The van der Waals surface area contributed by atoms with Crippen LogP contribution in [0.1, 0.15) is 26.3 Å². The van der Waals surface area contributed by atoms with Crippen LogP contribution in [0.2, 0.25) is 0 Å².